The fraction of sp³-hybridized carbons (Fsp3) is 0.917. The molecule has 0 heterocycles. The lowest BCUT2D eigenvalue weighted by atomic mass is 9.91. The van der Waals surface area contributed by atoms with Crippen LogP contribution in [0.4, 0.5) is 0 Å². The van der Waals surface area contributed by atoms with E-state index in [0.717, 1.165) is 6.42 Å². The van der Waals surface area contributed by atoms with Gasteiger partial charge in [-0.25, -0.2) is 0 Å². The van der Waals surface area contributed by atoms with Gasteiger partial charge in [0, 0.05) is 12.1 Å². The van der Waals surface area contributed by atoms with Crippen molar-refractivity contribution in [2.75, 3.05) is 13.2 Å². The topological polar surface area (TPSA) is 64.3 Å². The van der Waals surface area contributed by atoms with Crippen LogP contribution < -0.4 is 11.1 Å². The number of nitrogens with two attached hydrogens (primary N) is 1. The first-order valence-corrected chi connectivity index (χ1v) is 5.92. The number of amides is 1. The summed E-state index contributed by atoms with van der Waals surface area (Å²) >= 11 is 0. The van der Waals surface area contributed by atoms with Gasteiger partial charge in [0.15, 0.2) is 0 Å². The van der Waals surface area contributed by atoms with Gasteiger partial charge >= 0.3 is 0 Å². The van der Waals surface area contributed by atoms with E-state index in [-0.39, 0.29) is 24.2 Å². The molecule has 0 aromatic heterocycles. The molecule has 0 saturated heterocycles. The molecule has 0 aliphatic heterocycles. The quantitative estimate of drug-likeness (QED) is 0.692. The number of rotatable bonds is 7. The smallest absolute Gasteiger partial charge is 0.246 e. The van der Waals surface area contributed by atoms with Gasteiger partial charge in [-0.1, -0.05) is 13.8 Å². The van der Waals surface area contributed by atoms with Crippen LogP contribution in [-0.4, -0.2) is 30.7 Å². The summed E-state index contributed by atoms with van der Waals surface area (Å²) in [5, 5.41) is 2.94. The molecule has 0 rings (SSSR count). The SMILES string of the molecule is CC(C)CC(C)(CN)NC(=O)COC(C)C. The van der Waals surface area contributed by atoms with Crippen molar-refractivity contribution in [1.82, 2.24) is 5.32 Å². The Balaban J connectivity index is 4.14. The zero-order valence-corrected chi connectivity index (χ0v) is 11.2. The van der Waals surface area contributed by atoms with Crippen molar-refractivity contribution in [2.24, 2.45) is 11.7 Å². The molecule has 0 aliphatic rings. The molecule has 0 saturated carbocycles. The monoisotopic (exact) mass is 230 g/mol. The highest BCUT2D eigenvalue weighted by molar-refractivity contribution is 5.78. The van der Waals surface area contributed by atoms with Gasteiger partial charge in [0.25, 0.3) is 0 Å². The largest absolute Gasteiger partial charge is 0.369 e. The Kier molecular flexibility index (Phi) is 6.60. The normalized spacial score (nSPS) is 15.2. The van der Waals surface area contributed by atoms with E-state index in [9.17, 15) is 4.79 Å². The van der Waals surface area contributed by atoms with Crippen LogP contribution >= 0.6 is 0 Å². The number of ether oxygens (including phenoxy) is 1. The highest BCUT2D eigenvalue weighted by Crippen LogP contribution is 2.14. The van der Waals surface area contributed by atoms with E-state index in [1.165, 1.54) is 0 Å². The standard InChI is InChI=1S/C12H26N2O2/c1-9(2)6-12(5,8-13)14-11(15)7-16-10(3)4/h9-10H,6-8,13H2,1-5H3,(H,14,15). The molecular weight excluding hydrogens is 204 g/mol. The van der Waals surface area contributed by atoms with Crippen molar-refractivity contribution in [3.8, 4) is 0 Å². The summed E-state index contributed by atoms with van der Waals surface area (Å²) in [7, 11) is 0. The lowest BCUT2D eigenvalue weighted by molar-refractivity contribution is -0.129. The molecule has 16 heavy (non-hydrogen) atoms. The molecule has 1 unspecified atom stereocenters. The van der Waals surface area contributed by atoms with Crippen molar-refractivity contribution in [2.45, 2.75) is 52.7 Å². The lowest BCUT2D eigenvalue weighted by Gasteiger charge is -2.31. The minimum Gasteiger partial charge on any atom is -0.369 e. The molecule has 4 nitrogen and oxygen atoms in total. The molecule has 0 fully saturated rings. The molecule has 0 aromatic rings. The molecular formula is C12H26N2O2. The van der Waals surface area contributed by atoms with Crippen molar-refractivity contribution in [3.05, 3.63) is 0 Å². The Morgan fingerprint density at radius 2 is 1.94 bits per heavy atom. The van der Waals surface area contributed by atoms with E-state index >= 15 is 0 Å². The predicted octanol–water partition coefficient (Wildman–Crippen LogP) is 1.29. The first-order chi connectivity index (χ1) is 7.29. The average molecular weight is 230 g/mol. The maximum absolute atomic E-state index is 11.6. The Bertz CT molecular complexity index is 217. The Morgan fingerprint density at radius 3 is 2.31 bits per heavy atom. The number of hydrogen-bond donors (Lipinski definition) is 2. The van der Waals surface area contributed by atoms with Crippen molar-refractivity contribution < 1.29 is 9.53 Å². The van der Waals surface area contributed by atoms with Crippen molar-refractivity contribution in [1.29, 1.82) is 0 Å². The van der Waals surface area contributed by atoms with Crippen LogP contribution in [0.1, 0.15) is 41.0 Å². The highest BCUT2D eigenvalue weighted by atomic mass is 16.5. The second-order valence-electron chi connectivity index (χ2n) is 5.27. The summed E-state index contributed by atoms with van der Waals surface area (Å²) < 4.78 is 5.25. The maximum atomic E-state index is 11.6. The summed E-state index contributed by atoms with van der Waals surface area (Å²) in [5.41, 5.74) is 5.38. The predicted molar refractivity (Wildman–Crippen MR) is 66.1 cm³/mol. The van der Waals surface area contributed by atoms with E-state index < -0.39 is 0 Å². The molecule has 4 heteroatoms. The highest BCUT2D eigenvalue weighted by Gasteiger charge is 2.25. The van der Waals surface area contributed by atoms with Crippen LogP contribution in [0.2, 0.25) is 0 Å². The molecule has 3 N–H and O–H groups in total. The second-order valence-corrected chi connectivity index (χ2v) is 5.27. The zero-order valence-electron chi connectivity index (χ0n) is 11.2. The number of nitrogens with one attached hydrogen (secondary N) is 1. The van der Waals surface area contributed by atoms with Crippen LogP contribution in [0.5, 0.6) is 0 Å². The molecule has 1 amide bonds. The van der Waals surface area contributed by atoms with Crippen LogP contribution in [0.25, 0.3) is 0 Å². The zero-order chi connectivity index (χ0) is 12.8. The molecule has 0 radical (unpaired) electrons. The maximum Gasteiger partial charge on any atom is 0.246 e. The van der Waals surface area contributed by atoms with Crippen LogP contribution in [0.15, 0.2) is 0 Å². The van der Waals surface area contributed by atoms with Crippen LogP contribution in [0, 0.1) is 5.92 Å². The molecule has 96 valence electrons. The van der Waals surface area contributed by atoms with E-state index in [1.807, 2.05) is 20.8 Å². The van der Waals surface area contributed by atoms with Gasteiger partial charge in [-0.3, -0.25) is 4.79 Å². The fourth-order valence-corrected chi connectivity index (χ4v) is 1.70. The Morgan fingerprint density at radius 1 is 1.38 bits per heavy atom. The third kappa shape index (κ3) is 6.80. The fourth-order valence-electron chi connectivity index (χ4n) is 1.70. The van der Waals surface area contributed by atoms with E-state index in [0.29, 0.717) is 12.5 Å². The minimum atomic E-state index is -0.328. The van der Waals surface area contributed by atoms with Gasteiger partial charge in [-0.2, -0.15) is 0 Å². The first kappa shape index (κ1) is 15.4. The minimum absolute atomic E-state index is 0.0694. The molecule has 1 atom stereocenters. The number of carbonyl (C=O) groups excluding carboxylic acids is 1. The second kappa shape index (κ2) is 6.86. The van der Waals surface area contributed by atoms with Gasteiger partial charge < -0.3 is 15.8 Å². The van der Waals surface area contributed by atoms with Gasteiger partial charge in [0.1, 0.15) is 6.61 Å². The summed E-state index contributed by atoms with van der Waals surface area (Å²) in [6, 6.07) is 0. The summed E-state index contributed by atoms with van der Waals surface area (Å²) in [5.74, 6) is 0.405. The first-order valence-electron chi connectivity index (χ1n) is 5.92. The van der Waals surface area contributed by atoms with Gasteiger partial charge in [0.2, 0.25) is 5.91 Å². The summed E-state index contributed by atoms with van der Waals surface area (Å²) in [6.07, 6.45) is 0.941. The van der Waals surface area contributed by atoms with E-state index in [4.69, 9.17) is 10.5 Å². The molecule has 0 spiro atoms. The summed E-state index contributed by atoms with van der Waals surface area (Å²) in [4.78, 5) is 11.6. The van der Waals surface area contributed by atoms with Gasteiger partial charge in [0.05, 0.1) is 6.10 Å². The van der Waals surface area contributed by atoms with Gasteiger partial charge in [-0.05, 0) is 33.1 Å². The van der Waals surface area contributed by atoms with E-state index in [1.54, 1.807) is 0 Å². The average Bonchev–Trinajstić information content (AvgIpc) is 2.13. The van der Waals surface area contributed by atoms with Crippen molar-refractivity contribution in [3.63, 3.8) is 0 Å². The Labute approximate surface area is 98.9 Å². The van der Waals surface area contributed by atoms with Crippen LogP contribution in [0.3, 0.4) is 0 Å². The van der Waals surface area contributed by atoms with Crippen LogP contribution in [-0.2, 0) is 9.53 Å². The third-order valence-electron chi connectivity index (χ3n) is 2.30. The third-order valence-corrected chi connectivity index (χ3v) is 2.30. The van der Waals surface area contributed by atoms with E-state index in [2.05, 4.69) is 19.2 Å². The summed E-state index contributed by atoms with van der Waals surface area (Å²) in [6.45, 7) is 10.6. The molecule has 0 aromatic carbocycles. The molecule has 0 aliphatic carbocycles. The lowest BCUT2D eigenvalue weighted by Crippen LogP contribution is -2.53. The number of hydrogen-bond acceptors (Lipinski definition) is 3. The Hall–Kier alpha value is -0.610. The van der Waals surface area contributed by atoms with Crippen molar-refractivity contribution >= 4 is 5.91 Å². The van der Waals surface area contributed by atoms with Gasteiger partial charge in [-0.15, -0.1) is 0 Å². The molecule has 0 bridgehead atoms. The number of carbonyl (C=O) groups is 1.